The van der Waals surface area contributed by atoms with Crippen LogP contribution >= 0.6 is 11.6 Å². The molecule has 26 heavy (non-hydrogen) atoms. The molecule has 4 rings (SSSR count). The molecule has 0 bridgehead atoms. The van der Waals surface area contributed by atoms with Crippen LogP contribution in [-0.4, -0.2) is 52.7 Å². The highest BCUT2D eigenvalue weighted by atomic mass is 35.5. The third kappa shape index (κ3) is 3.48. The topological polar surface area (TPSA) is 41.5 Å². The maximum absolute atomic E-state index is 13.1. The van der Waals surface area contributed by atoms with Gasteiger partial charge in [0.2, 0.25) is 5.95 Å². The number of halogens is 2. The highest BCUT2D eigenvalue weighted by Crippen LogP contribution is 2.31. The number of fused-ring (bicyclic) bond motifs is 1. The van der Waals surface area contributed by atoms with Gasteiger partial charge in [-0.25, -0.2) is 14.4 Å². The van der Waals surface area contributed by atoms with Crippen molar-refractivity contribution in [2.24, 2.45) is 0 Å². The SMILES string of the molecule is CC1[C@@H]2CC[C@H](Oc3ccccc3Cl)CN2CCN1c1ncc(F)cn1. The first-order valence-corrected chi connectivity index (χ1v) is 9.39. The standard InChI is InChI=1S/C19H22ClFN4O/c1-13-17-7-6-15(26-18-5-3-2-4-16(18)20)12-24(17)8-9-25(13)19-22-10-14(21)11-23-19/h2-5,10-11,13,15,17H,6-9,12H2,1H3/t13?,15-,17-/m0/s1. The summed E-state index contributed by atoms with van der Waals surface area (Å²) >= 11 is 6.22. The van der Waals surface area contributed by atoms with Crippen LogP contribution in [0.3, 0.4) is 0 Å². The molecule has 0 aliphatic carbocycles. The molecule has 2 saturated heterocycles. The number of piperazine rings is 1. The Bertz CT molecular complexity index is 759. The summed E-state index contributed by atoms with van der Waals surface area (Å²) in [6.07, 6.45) is 4.63. The molecule has 0 radical (unpaired) electrons. The molecule has 2 fully saturated rings. The number of rotatable bonds is 3. The van der Waals surface area contributed by atoms with E-state index in [9.17, 15) is 4.39 Å². The lowest BCUT2D eigenvalue weighted by Gasteiger charge is -2.50. The number of hydrogen-bond acceptors (Lipinski definition) is 5. The predicted molar refractivity (Wildman–Crippen MR) is 99.3 cm³/mol. The highest BCUT2D eigenvalue weighted by molar-refractivity contribution is 6.32. The lowest BCUT2D eigenvalue weighted by Crippen LogP contribution is -2.62. The molecule has 3 heterocycles. The van der Waals surface area contributed by atoms with Crippen molar-refractivity contribution in [3.8, 4) is 5.75 Å². The summed E-state index contributed by atoms with van der Waals surface area (Å²) in [4.78, 5) is 13.0. The zero-order valence-electron chi connectivity index (χ0n) is 14.7. The van der Waals surface area contributed by atoms with Crippen LogP contribution in [-0.2, 0) is 0 Å². The van der Waals surface area contributed by atoms with E-state index in [1.807, 2.05) is 24.3 Å². The van der Waals surface area contributed by atoms with Crippen LogP contribution in [0.15, 0.2) is 36.7 Å². The molecule has 0 amide bonds. The van der Waals surface area contributed by atoms with Crippen LogP contribution in [0, 0.1) is 5.82 Å². The Balaban J connectivity index is 1.41. The number of anilines is 1. The molecule has 1 aromatic carbocycles. The molecule has 0 spiro atoms. The summed E-state index contributed by atoms with van der Waals surface area (Å²) < 4.78 is 19.2. The van der Waals surface area contributed by atoms with E-state index >= 15 is 0 Å². The quantitative estimate of drug-likeness (QED) is 0.821. The second kappa shape index (κ2) is 7.37. The van der Waals surface area contributed by atoms with Gasteiger partial charge in [0.1, 0.15) is 11.9 Å². The molecule has 1 aromatic heterocycles. The first-order valence-electron chi connectivity index (χ1n) is 9.01. The van der Waals surface area contributed by atoms with E-state index in [2.05, 4.69) is 26.7 Å². The molecule has 5 nitrogen and oxygen atoms in total. The summed E-state index contributed by atoms with van der Waals surface area (Å²) in [5, 5.41) is 0.654. The Labute approximate surface area is 157 Å². The average Bonchev–Trinajstić information content (AvgIpc) is 2.65. The third-order valence-corrected chi connectivity index (χ3v) is 5.67. The minimum Gasteiger partial charge on any atom is -0.488 e. The Morgan fingerprint density at radius 1 is 1.15 bits per heavy atom. The first-order chi connectivity index (χ1) is 12.6. The van der Waals surface area contributed by atoms with Gasteiger partial charge in [-0.15, -0.1) is 0 Å². The summed E-state index contributed by atoms with van der Waals surface area (Å²) in [7, 11) is 0. The second-order valence-electron chi connectivity index (χ2n) is 6.95. The van der Waals surface area contributed by atoms with Gasteiger partial charge in [-0.3, -0.25) is 4.90 Å². The van der Waals surface area contributed by atoms with Crippen LogP contribution in [0.5, 0.6) is 5.75 Å². The molecule has 0 N–H and O–H groups in total. The maximum Gasteiger partial charge on any atom is 0.225 e. The largest absolute Gasteiger partial charge is 0.488 e. The van der Waals surface area contributed by atoms with E-state index in [0.717, 1.165) is 38.2 Å². The fourth-order valence-corrected chi connectivity index (χ4v) is 4.21. The Morgan fingerprint density at radius 3 is 2.69 bits per heavy atom. The van der Waals surface area contributed by atoms with Crippen LogP contribution in [0.1, 0.15) is 19.8 Å². The van der Waals surface area contributed by atoms with Gasteiger partial charge in [-0.05, 0) is 31.9 Å². The van der Waals surface area contributed by atoms with E-state index < -0.39 is 5.82 Å². The van der Waals surface area contributed by atoms with E-state index in [1.165, 1.54) is 12.4 Å². The van der Waals surface area contributed by atoms with Crippen molar-refractivity contribution >= 4 is 17.5 Å². The van der Waals surface area contributed by atoms with Gasteiger partial charge in [0, 0.05) is 31.7 Å². The average molecular weight is 377 g/mol. The molecule has 1 unspecified atom stereocenters. The van der Waals surface area contributed by atoms with Gasteiger partial charge >= 0.3 is 0 Å². The lowest BCUT2D eigenvalue weighted by molar-refractivity contribution is 0.0287. The Hall–Kier alpha value is -1.92. The second-order valence-corrected chi connectivity index (χ2v) is 7.35. The number of ether oxygens (including phenoxy) is 1. The minimum absolute atomic E-state index is 0.145. The molecule has 138 valence electrons. The molecule has 3 atom stereocenters. The highest BCUT2D eigenvalue weighted by Gasteiger charge is 2.39. The van der Waals surface area contributed by atoms with E-state index in [1.54, 1.807) is 0 Å². The van der Waals surface area contributed by atoms with Gasteiger partial charge in [0.05, 0.1) is 17.4 Å². The fourth-order valence-electron chi connectivity index (χ4n) is 4.03. The number of piperidine rings is 1. The lowest BCUT2D eigenvalue weighted by atomic mass is 9.92. The normalized spacial score (nSPS) is 26.4. The number of hydrogen-bond donors (Lipinski definition) is 0. The van der Waals surface area contributed by atoms with Gasteiger partial charge in [0.25, 0.3) is 0 Å². The van der Waals surface area contributed by atoms with Crippen molar-refractivity contribution in [3.05, 3.63) is 47.5 Å². The first kappa shape index (κ1) is 17.5. The van der Waals surface area contributed by atoms with Crippen molar-refractivity contribution in [1.82, 2.24) is 14.9 Å². The Kier molecular flexibility index (Phi) is 4.96. The van der Waals surface area contributed by atoms with E-state index in [4.69, 9.17) is 16.3 Å². The molecule has 0 saturated carbocycles. The summed E-state index contributed by atoms with van der Waals surface area (Å²) in [6, 6.07) is 8.31. The number of benzene rings is 1. The van der Waals surface area contributed by atoms with Crippen molar-refractivity contribution in [3.63, 3.8) is 0 Å². The molecule has 2 aliphatic heterocycles. The fraction of sp³-hybridized carbons (Fsp3) is 0.474. The van der Waals surface area contributed by atoms with Crippen LogP contribution < -0.4 is 9.64 Å². The van der Waals surface area contributed by atoms with Gasteiger partial charge < -0.3 is 9.64 Å². The number of nitrogens with zero attached hydrogens (tertiary/aromatic N) is 4. The number of para-hydroxylation sites is 1. The van der Waals surface area contributed by atoms with Crippen molar-refractivity contribution < 1.29 is 9.13 Å². The number of aromatic nitrogens is 2. The molecular weight excluding hydrogens is 355 g/mol. The van der Waals surface area contributed by atoms with E-state index in [0.29, 0.717) is 17.0 Å². The molecule has 2 aromatic rings. The predicted octanol–water partition coefficient (Wildman–Crippen LogP) is 3.39. The summed E-state index contributed by atoms with van der Waals surface area (Å²) in [5.74, 6) is 0.953. The van der Waals surface area contributed by atoms with E-state index in [-0.39, 0.29) is 12.1 Å². The Morgan fingerprint density at radius 2 is 1.92 bits per heavy atom. The zero-order chi connectivity index (χ0) is 18.1. The monoisotopic (exact) mass is 376 g/mol. The van der Waals surface area contributed by atoms with Crippen LogP contribution in [0.2, 0.25) is 5.02 Å². The van der Waals surface area contributed by atoms with Gasteiger partial charge in [-0.2, -0.15) is 0 Å². The van der Waals surface area contributed by atoms with Crippen molar-refractivity contribution in [2.45, 2.75) is 38.0 Å². The molecule has 7 heteroatoms. The third-order valence-electron chi connectivity index (χ3n) is 5.36. The molecular formula is C19H22ClFN4O. The van der Waals surface area contributed by atoms with Crippen LogP contribution in [0.25, 0.3) is 0 Å². The van der Waals surface area contributed by atoms with Crippen molar-refractivity contribution in [2.75, 3.05) is 24.5 Å². The summed E-state index contributed by atoms with van der Waals surface area (Å²) in [5.41, 5.74) is 0. The maximum atomic E-state index is 13.1. The van der Waals surface area contributed by atoms with Crippen molar-refractivity contribution in [1.29, 1.82) is 0 Å². The zero-order valence-corrected chi connectivity index (χ0v) is 15.4. The smallest absolute Gasteiger partial charge is 0.225 e. The summed E-state index contributed by atoms with van der Waals surface area (Å²) in [6.45, 7) is 4.82. The van der Waals surface area contributed by atoms with Crippen LogP contribution in [0.4, 0.5) is 10.3 Å². The minimum atomic E-state index is -0.405. The van der Waals surface area contributed by atoms with Gasteiger partial charge in [0.15, 0.2) is 5.82 Å². The molecule has 2 aliphatic rings. The van der Waals surface area contributed by atoms with Gasteiger partial charge in [-0.1, -0.05) is 23.7 Å².